The van der Waals surface area contributed by atoms with Crippen molar-refractivity contribution in [2.75, 3.05) is 27.3 Å². The molecule has 0 aromatic rings. The molecule has 17 heavy (non-hydrogen) atoms. The maximum Gasteiger partial charge on any atom is 0.334 e. The summed E-state index contributed by atoms with van der Waals surface area (Å²) in [7, 11) is 2.89. The molecule has 98 valence electrons. The lowest BCUT2D eigenvalue weighted by Gasteiger charge is -2.14. The molecule has 3 N–H and O–H groups in total. The molecule has 3 unspecified atom stereocenters. The number of nitrogens with one attached hydrogen (secondary N) is 2. The van der Waals surface area contributed by atoms with Gasteiger partial charge in [0.05, 0.1) is 18.7 Å². The van der Waals surface area contributed by atoms with E-state index in [-0.39, 0.29) is 24.6 Å². The second-order valence-electron chi connectivity index (χ2n) is 3.86. The topological polar surface area (TPSA) is 96.9 Å². The zero-order chi connectivity index (χ0) is 12.8. The number of carboxylic acids is 1. The van der Waals surface area contributed by atoms with Gasteiger partial charge in [-0.1, -0.05) is 0 Å². The quantitative estimate of drug-likeness (QED) is 0.532. The van der Waals surface area contributed by atoms with Crippen LogP contribution >= 0.6 is 0 Å². The average Bonchev–Trinajstić information content (AvgIpc) is 2.77. The number of hydrogen-bond acceptors (Lipinski definition) is 5. The highest BCUT2D eigenvalue weighted by Crippen LogP contribution is 2.09. The van der Waals surface area contributed by atoms with Crippen molar-refractivity contribution in [3.63, 3.8) is 0 Å². The van der Waals surface area contributed by atoms with Gasteiger partial charge in [0, 0.05) is 20.8 Å². The fourth-order valence-electron chi connectivity index (χ4n) is 1.67. The molecule has 0 radical (unpaired) electrons. The Hall–Kier alpha value is -1.18. The van der Waals surface area contributed by atoms with Gasteiger partial charge in [-0.2, -0.15) is 0 Å². The van der Waals surface area contributed by atoms with Gasteiger partial charge >= 0.3 is 5.97 Å². The van der Waals surface area contributed by atoms with E-state index in [2.05, 4.69) is 10.6 Å². The lowest BCUT2D eigenvalue weighted by molar-refractivity contribution is -0.148. The lowest BCUT2D eigenvalue weighted by atomic mass is 10.2. The van der Waals surface area contributed by atoms with Gasteiger partial charge in [-0.25, -0.2) is 4.79 Å². The van der Waals surface area contributed by atoms with E-state index < -0.39 is 12.1 Å². The first-order chi connectivity index (χ1) is 8.08. The van der Waals surface area contributed by atoms with Crippen molar-refractivity contribution in [3.05, 3.63) is 0 Å². The number of methoxy groups -OCH3 is 2. The van der Waals surface area contributed by atoms with Crippen LogP contribution in [0.25, 0.3) is 0 Å². The average molecular weight is 246 g/mol. The van der Waals surface area contributed by atoms with Crippen LogP contribution in [0.5, 0.6) is 0 Å². The van der Waals surface area contributed by atoms with E-state index in [1.807, 2.05) is 0 Å². The van der Waals surface area contributed by atoms with Crippen molar-refractivity contribution in [1.82, 2.24) is 10.6 Å². The van der Waals surface area contributed by atoms with Gasteiger partial charge in [-0.15, -0.1) is 0 Å². The Balaban J connectivity index is 2.32. The predicted octanol–water partition coefficient (Wildman–Crippen LogP) is -1.42. The van der Waals surface area contributed by atoms with Gasteiger partial charge in [0.1, 0.15) is 0 Å². The number of carbonyl (C=O) groups excluding carboxylic acids is 1. The van der Waals surface area contributed by atoms with Crippen molar-refractivity contribution >= 4 is 11.9 Å². The third kappa shape index (κ3) is 3.95. The molecular weight excluding hydrogens is 228 g/mol. The summed E-state index contributed by atoms with van der Waals surface area (Å²) in [6, 6.07) is -0.328. The molecule has 1 saturated heterocycles. The zero-order valence-corrected chi connectivity index (χ0v) is 9.93. The first kappa shape index (κ1) is 13.9. The summed E-state index contributed by atoms with van der Waals surface area (Å²) in [6.07, 6.45) is -0.394. The molecule has 0 aromatic heterocycles. The highest BCUT2D eigenvalue weighted by molar-refractivity contribution is 5.83. The van der Waals surface area contributed by atoms with E-state index in [9.17, 15) is 9.59 Å². The largest absolute Gasteiger partial charge is 0.479 e. The van der Waals surface area contributed by atoms with Crippen molar-refractivity contribution in [3.8, 4) is 0 Å². The highest BCUT2D eigenvalue weighted by Gasteiger charge is 2.29. The fraction of sp³-hybridized carbons (Fsp3) is 0.800. The van der Waals surface area contributed by atoms with E-state index in [1.54, 1.807) is 7.11 Å². The molecule has 0 bridgehead atoms. The summed E-state index contributed by atoms with van der Waals surface area (Å²) < 4.78 is 9.82. The highest BCUT2D eigenvalue weighted by atomic mass is 16.5. The number of amides is 1. The summed E-state index contributed by atoms with van der Waals surface area (Å²) in [5.41, 5.74) is 0. The number of ether oxygens (including phenoxy) is 2. The molecule has 7 nitrogen and oxygen atoms in total. The van der Waals surface area contributed by atoms with Gasteiger partial charge in [0.15, 0.2) is 6.10 Å². The molecule has 1 aliphatic rings. The Bertz CT molecular complexity index is 284. The van der Waals surface area contributed by atoms with Gasteiger partial charge in [-0.05, 0) is 6.42 Å². The van der Waals surface area contributed by atoms with Crippen LogP contribution in [0.2, 0.25) is 0 Å². The summed E-state index contributed by atoms with van der Waals surface area (Å²) in [5.74, 6) is -1.32. The Morgan fingerprint density at radius 3 is 2.71 bits per heavy atom. The minimum atomic E-state index is -1.10. The normalized spacial score (nSPS) is 25.5. The van der Waals surface area contributed by atoms with Crippen molar-refractivity contribution in [2.24, 2.45) is 0 Å². The zero-order valence-electron chi connectivity index (χ0n) is 9.93. The SMILES string of the molecule is COC1CNC(C(=O)NCC(OC)C(=O)O)C1. The van der Waals surface area contributed by atoms with Gasteiger partial charge in [0.25, 0.3) is 0 Å². The smallest absolute Gasteiger partial charge is 0.334 e. The molecule has 1 aliphatic heterocycles. The van der Waals surface area contributed by atoms with Crippen LogP contribution in [0, 0.1) is 0 Å². The number of carbonyl (C=O) groups is 2. The molecule has 1 amide bonds. The third-order valence-corrected chi connectivity index (χ3v) is 2.76. The lowest BCUT2D eigenvalue weighted by Crippen LogP contribution is -2.45. The fourth-order valence-corrected chi connectivity index (χ4v) is 1.67. The predicted molar refractivity (Wildman–Crippen MR) is 58.6 cm³/mol. The summed E-state index contributed by atoms with van der Waals surface area (Å²) in [5, 5.41) is 14.3. The molecule has 0 aliphatic carbocycles. The molecule has 1 fully saturated rings. The van der Waals surface area contributed by atoms with Crippen LogP contribution < -0.4 is 10.6 Å². The van der Waals surface area contributed by atoms with Crippen molar-refractivity contribution < 1.29 is 24.2 Å². The first-order valence-corrected chi connectivity index (χ1v) is 5.38. The molecule has 0 spiro atoms. The maximum atomic E-state index is 11.7. The summed E-state index contributed by atoms with van der Waals surface area (Å²) in [6.45, 7) is 0.585. The molecular formula is C10H18N2O5. The van der Waals surface area contributed by atoms with E-state index in [0.717, 1.165) is 0 Å². The van der Waals surface area contributed by atoms with Crippen molar-refractivity contribution in [2.45, 2.75) is 24.7 Å². The standard InChI is InChI=1S/C10H18N2O5/c1-16-6-3-7(11-4-6)9(13)12-5-8(17-2)10(14)15/h6-8,11H,3-5H2,1-2H3,(H,12,13)(H,14,15). The molecule has 0 aromatic carbocycles. The van der Waals surface area contributed by atoms with Crippen LogP contribution in [-0.2, 0) is 19.1 Å². The van der Waals surface area contributed by atoms with E-state index >= 15 is 0 Å². The van der Waals surface area contributed by atoms with E-state index in [4.69, 9.17) is 14.6 Å². The third-order valence-electron chi connectivity index (χ3n) is 2.76. The molecule has 7 heteroatoms. The number of carboxylic acid groups (broad SMARTS) is 1. The Morgan fingerprint density at radius 2 is 2.24 bits per heavy atom. The van der Waals surface area contributed by atoms with Crippen LogP contribution in [-0.4, -0.2) is 62.5 Å². The van der Waals surface area contributed by atoms with Crippen LogP contribution in [0.4, 0.5) is 0 Å². The number of rotatable bonds is 6. The minimum Gasteiger partial charge on any atom is -0.479 e. The monoisotopic (exact) mass is 246 g/mol. The Kier molecular flexibility index (Phi) is 5.33. The molecule has 3 atom stereocenters. The molecule has 0 saturated carbocycles. The maximum absolute atomic E-state index is 11.7. The number of aliphatic carboxylic acids is 1. The summed E-state index contributed by atoms with van der Waals surface area (Å²) in [4.78, 5) is 22.3. The molecule has 1 heterocycles. The van der Waals surface area contributed by atoms with Gasteiger partial charge in [-0.3, -0.25) is 4.79 Å². The summed E-state index contributed by atoms with van der Waals surface area (Å²) >= 11 is 0. The Labute approximate surface area is 99.5 Å². The second-order valence-corrected chi connectivity index (χ2v) is 3.86. The van der Waals surface area contributed by atoms with Crippen LogP contribution in [0.3, 0.4) is 0 Å². The van der Waals surface area contributed by atoms with Crippen LogP contribution in [0.1, 0.15) is 6.42 Å². The minimum absolute atomic E-state index is 0.0310. The second kappa shape index (κ2) is 6.53. The van der Waals surface area contributed by atoms with E-state index in [1.165, 1.54) is 7.11 Å². The molecule has 1 rings (SSSR count). The van der Waals surface area contributed by atoms with E-state index in [0.29, 0.717) is 13.0 Å². The van der Waals surface area contributed by atoms with Gasteiger partial charge < -0.3 is 25.2 Å². The van der Waals surface area contributed by atoms with Gasteiger partial charge in [0.2, 0.25) is 5.91 Å². The van der Waals surface area contributed by atoms with Crippen molar-refractivity contribution in [1.29, 1.82) is 0 Å². The first-order valence-electron chi connectivity index (χ1n) is 5.38. The van der Waals surface area contributed by atoms with Crippen LogP contribution in [0.15, 0.2) is 0 Å². The Morgan fingerprint density at radius 1 is 1.53 bits per heavy atom. The number of hydrogen-bond donors (Lipinski definition) is 3.